The predicted molar refractivity (Wildman–Crippen MR) is 87.3 cm³/mol. The topological polar surface area (TPSA) is 102 Å². The lowest BCUT2D eigenvalue weighted by molar-refractivity contribution is -0.124. The third-order valence-corrected chi connectivity index (χ3v) is 4.44. The zero-order valence-electron chi connectivity index (χ0n) is 13.4. The maximum absolute atomic E-state index is 12.6. The Hall–Kier alpha value is -2.41. The molecule has 2 aliphatic rings. The van der Waals surface area contributed by atoms with Gasteiger partial charge in [-0.05, 0) is 43.9 Å². The van der Waals surface area contributed by atoms with E-state index in [9.17, 15) is 14.4 Å². The van der Waals surface area contributed by atoms with Crippen LogP contribution in [0.5, 0.6) is 0 Å². The molecule has 0 radical (unpaired) electrons. The number of anilines is 1. The second-order valence-electron chi connectivity index (χ2n) is 6.13. The second kappa shape index (κ2) is 7.00. The van der Waals surface area contributed by atoms with Crippen molar-refractivity contribution in [2.24, 2.45) is 5.73 Å². The zero-order valence-corrected chi connectivity index (χ0v) is 13.4. The van der Waals surface area contributed by atoms with Gasteiger partial charge in [0.05, 0.1) is 0 Å². The molecule has 0 bridgehead atoms. The number of benzene rings is 1. The molecule has 128 valence electrons. The molecule has 0 aliphatic carbocycles. The summed E-state index contributed by atoms with van der Waals surface area (Å²) in [6.45, 7) is 1.11. The van der Waals surface area contributed by atoms with E-state index in [2.05, 4.69) is 5.32 Å². The fourth-order valence-corrected chi connectivity index (χ4v) is 3.21. The summed E-state index contributed by atoms with van der Waals surface area (Å²) in [4.78, 5) is 37.7. The average molecular weight is 331 g/mol. The van der Waals surface area contributed by atoms with Crippen molar-refractivity contribution >= 4 is 23.4 Å². The van der Waals surface area contributed by atoms with Crippen molar-refractivity contribution in [1.29, 1.82) is 0 Å². The van der Waals surface area contributed by atoms with Crippen LogP contribution in [0.15, 0.2) is 24.3 Å². The number of carbonyl (C=O) groups is 3. The smallest absolute Gasteiger partial charge is 0.254 e. The molecular formula is C17H21N3O4. The molecule has 0 unspecified atom stereocenters. The highest BCUT2D eigenvalue weighted by molar-refractivity contribution is 6.00. The van der Waals surface area contributed by atoms with Crippen LogP contribution in [0.3, 0.4) is 0 Å². The molecule has 2 fully saturated rings. The lowest BCUT2D eigenvalue weighted by atomic mass is 10.1. The lowest BCUT2D eigenvalue weighted by Crippen LogP contribution is -2.43. The molecule has 0 spiro atoms. The van der Waals surface area contributed by atoms with Crippen molar-refractivity contribution in [3.63, 3.8) is 0 Å². The normalized spacial score (nSPS) is 23.2. The molecule has 24 heavy (non-hydrogen) atoms. The van der Waals surface area contributed by atoms with Gasteiger partial charge in [-0.25, -0.2) is 0 Å². The molecule has 2 aliphatic heterocycles. The first-order chi connectivity index (χ1) is 11.6. The third-order valence-electron chi connectivity index (χ3n) is 4.44. The van der Waals surface area contributed by atoms with Crippen LogP contribution < -0.4 is 11.1 Å². The molecule has 1 aromatic carbocycles. The third kappa shape index (κ3) is 3.41. The van der Waals surface area contributed by atoms with Gasteiger partial charge >= 0.3 is 0 Å². The molecule has 7 heteroatoms. The Bertz CT molecular complexity index is 655. The van der Waals surface area contributed by atoms with Gasteiger partial charge in [0.15, 0.2) is 0 Å². The zero-order chi connectivity index (χ0) is 17.1. The van der Waals surface area contributed by atoms with E-state index in [1.54, 1.807) is 24.3 Å². The van der Waals surface area contributed by atoms with E-state index >= 15 is 0 Å². The van der Waals surface area contributed by atoms with E-state index < -0.39 is 18.1 Å². The number of carbonyl (C=O) groups excluding carboxylic acids is 3. The first-order valence-electron chi connectivity index (χ1n) is 8.19. The van der Waals surface area contributed by atoms with E-state index in [0.29, 0.717) is 37.2 Å². The monoisotopic (exact) mass is 331 g/mol. The molecule has 3 rings (SSSR count). The van der Waals surface area contributed by atoms with Crippen LogP contribution in [-0.2, 0) is 14.3 Å². The molecule has 2 heterocycles. The van der Waals surface area contributed by atoms with Crippen LogP contribution in [0.25, 0.3) is 0 Å². The molecule has 0 aromatic heterocycles. The van der Waals surface area contributed by atoms with Crippen molar-refractivity contribution < 1.29 is 19.1 Å². The van der Waals surface area contributed by atoms with Crippen molar-refractivity contribution in [2.45, 2.75) is 37.8 Å². The van der Waals surface area contributed by atoms with E-state index in [1.165, 1.54) is 4.90 Å². The highest BCUT2D eigenvalue weighted by atomic mass is 16.5. The van der Waals surface area contributed by atoms with Crippen LogP contribution in [0.2, 0.25) is 0 Å². The average Bonchev–Trinajstić information content (AvgIpc) is 3.25. The lowest BCUT2D eigenvalue weighted by Gasteiger charge is -2.22. The van der Waals surface area contributed by atoms with Gasteiger partial charge in [0.25, 0.3) is 11.8 Å². The van der Waals surface area contributed by atoms with Gasteiger partial charge < -0.3 is 20.7 Å². The number of amides is 3. The standard InChI is InChI=1S/C17H21N3O4/c18-15(21)13-6-2-8-20(13)17(23)11-4-1-5-12(10-11)19-16(22)14-7-3-9-24-14/h1,4-5,10,13-14H,2-3,6-9H2,(H2,18,21)(H,19,22)/t13-,14-/m1/s1. The minimum atomic E-state index is -0.553. The van der Waals surface area contributed by atoms with Gasteiger partial charge in [-0.1, -0.05) is 6.07 Å². The highest BCUT2D eigenvalue weighted by Gasteiger charge is 2.33. The molecular weight excluding hydrogens is 310 g/mol. The number of nitrogens with zero attached hydrogens (tertiary/aromatic N) is 1. The summed E-state index contributed by atoms with van der Waals surface area (Å²) in [7, 11) is 0. The van der Waals surface area contributed by atoms with Gasteiger partial charge in [-0.15, -0.1) is 0 Å². The number of likely N-dealkylation sites (tertiary alicyclic amines) is 1. The molecule has 3 N–H and O–H groups in total. The number of ether oxygens (including phenoxy) is 1. The first-order valence-corrected chi connectivity index (χ1v) is 8.19. The summed E-state index contributed by atoms with van der Waals surface area (Å²) < 4.78 is 5.35. The summed E-state index contributed by atoms with van der Waals surface area (Å²) in [5.41, 5.74) is 6.33. The first kappa shape index (κ1) is 16.4. The van der Waals surface area contributed by atoms with E-state index in [-0.39, 0.29) is 11.8 Å². The van der Waals surface area contributed by atoms with Gasteiger partial charge in [0, 0.05) is 24.4 Å². The summed E-state index contributed by atoms with van der Waals surface area (Å²) in [5.74, 6) is -0.929. The van der Waals surface area contributed by atoms with E-state index in [1.807, 2.05) is 0 Å². The maximum Gasteiger partial charge on any atom is 0.254 e. The Labute approximate surface area is 140 Å². The van der Waals surface area contributed by atoms with Gasteiger partial charge in [0.1, 0.15) is 12.1 Å². The fraction of sp³-hybridized carbons (Fsp3) is 0.471. The number of hydrogen-bond acceptors (Lipinski definition) is 4. The number of hydrogen-bond donors (Lipinski definition) is 2. The van der Waals surface area contributed by atoms with Crippen LogP contribution >= 0.6 is 0 Å². The van der Waals surface area contributed by atoms with Crippen molar-refractivity contribution in [3.05, 3.63) is 29.8 Å². The van der Waals surface area contributed by atoms with Gasteiger partial charge in [0.2, 0.25) is 5.91 Å². The number of nitrogens with two attached hydrogens (primary N) is 1. The summed E-state index contributed by atoms with van der Waals surface area (Å²) in [6.07, 6.45) is 2.51. The number of nitrogens with one attached hydrogen (secondary N) is 1. The quantitative estimate of drug-likeness (QED) is 0.855. The number of rotatable bonds is 4. The second-order valence-corrected chi connectivity index (χ2v) is 6.13. The Balaban J connectivity index is 1.71. The molecule has 2 atom stereocenters. The van der Waals surface area contributed by atoms with Crippen molar-refractivity contribution in [3.8, 4) is 0 Å². The molecule has 2 saturated heterocycles. The summed E-state index contributed by atoms with van der Waals surface area (Å²) in [6, 6.07) is 6.15. The van der Waals surface area contributed by atoms with Crippen LogP contribution in [0.4, 0.5) is 5.69 Å². The van der Waals surface area contributed by atoms with Gasteiger partial charge in [-0.3, -0.25) is 14.4 Å². The summed E-state index contributed by atoms with van der Waals surface area (Å²) in [5, 5.41) is 2.78. The highest BCUT2D eigenvalue weighted by Crippen LogP contribution is 2.22. The van der Waals surface area contributed by atoms with E-state index in [4.69, 9.17) is 10.5 Å². The minimum absolute atomic E-state index is 0.201. The van der Waals surface area contributed by atoms with Gasteiger partial charge in [-0.2, -0.15) is 0 Å². The predicted octanol–water partition coefficient (Wildman–Crippen LogP) is 0.894. The maximum atomic E-state index is 12.6. The Kier molecular flexibility index (Phi) is 4.80. The van der Waals surface area contributed by atoms with Crippen LogP contribution in [-0.4, -0.2) is 47.9 Å². The largest absolute Gasteiger partial charge is 0.368 e. The van der Waals surface area contributed by atoms with Crippen molar-refractivity contribution in [2.75, 3.05) is 18.5 Å². The Morgan fingerprint density at radius 2 is 2.04 bits per heavy atom. The molecule has 1 aromatic rings. The minimum Gasteiger partial charge on any atom is -0.368 e. The van der Waals surface area contributed by atoms with Crippen molar-refractivity contribution in [1.82, 2.24) is 4.90 Å². The number of primary amides is 1. The Morgan fingerprint density at radius 3 is 2.75 bits per heavy atom. The molecule has 7 nitrogen and oxygen atoms in total. The molecule has 3 amide bonds. The molecule has 0 saturated carbocycles. The summed E-state index contributed by atoms with van der Waals surface area (Å²) >= 11 is 0. The van der Waals surface area contributed by atoms with E-state index in [0.717, 1.165) is 12.8 Å². The SMILES string of the molecule is NC(=O)[C@H]1CCCN1C(=O)c1cccc(NC(=O)[C@H]2CCCO2)c1. The van der Waals surface area contributed by atoms with Crippen LogP contribution in [0, 0.1) is 0 Å². The van der Waals surface area contributed by atoms with Crippen LogP contribution in [0.1, 0.15) is 36.0 Å². The fourth-order valence-electron chi connectivity index (χ4n) is 3.21. The Morgan fingerprint density at radius 1 is 1.21 bits per heavy atom.